The van der Waals surface area contributed by atoms with E-state index >= 15 is 0 Å². The number of aliphatic hydroxyl groups excluding tert-OH is 15. The zero-order valence-electron chi connectivity index (χ0n) is 47.9. The van der Waals surface area contributed by atoms with Gasteiger partial charge in [-0.25, -0.2) is 18.0 Å². The van der Waals surface area contributed by atoms with Gasteiger partial charge in [0, 0.05) is 13.8 Å². The quantitative estimate of drug-likeness (QED) is 0.0399. The molecule has 0 saturated carbocycles. The molecule has 7 aliphatic heterocycles. The molecule has 0 unspecified atom stereocenters. The molecule has 34 atom stereocenters. The number of rotatable bonds is 24. The number of aliphatic hydroxyl groups is 15. The number of aliphatic carboxylic acids is 2. The van der Waals surface area contributed by atoms with Gasteiger partial charge < -0.3 is 159 Å². The molecule has 7 fully saturated rings. The Labute approximate surface area is 518 Å². The van der Waals surface area contributed by atoms with Crippen molar-refractivity contribution in [3.63, 3.8) is 0 Å². The van der Waals surface area contributed by atoms with Crippen molar-refractivity contribution in [3.8, 4) is 0 Å². The number of nitrogens with one attached hydrogen (secondary N) is 2. The van der Waals surface area contributed by atoms with Crippen LogP contribution in [0.25, 0.3) is 0 Å². The Morgan fingerprint density at radius 2 is 0.815 bits per heavy atom. The van der Waals surface area contributed by atoms with Crippen LogP contribution in [0, 0.1) is 0 Å². The number of carboxylic acid groups (broad SMARTS) is 2. The summed E-state index contributed by atoms with van der Waals surface area (Å²) in [6.07, 6.45) is -71.3. The topological polar surface area (TPSA) is 683 Å². The molecule has 21 N–H and O–H groups in total. The SMILES string of the molecule is CC(=O)N[C@H]1[C@H](O[C@@H]2[C@@H](O)[C@H](O)[C@H](O[C@@H]3[C@@H](NC(C)=O)[C@H](O[C@H]4[C@H](O)[C@@H](O)[C@H](O[C@H]5[C@@H](O)[C@@H](CO)O[C@@H](O[C@H]6[C@@H](O)[C@@H](CO)O[C@@H](O[C@@H]7CO[C@@H](C)[C@H](O)[C@H]7O)[C@@H]6O)[C@@H]5O)O[C@@H]4C(=O)O)O[C@H](COS(=O)(=O)O)[C@@H]3OS(=O)(=O)O)O[C@@H]2C(=O)O)O[C@H](CO)[C@H](O)[C@@H]1O. The Balaban J connectivity index is 1.16. The summed E-state index contributed by atoms with van der Waals surface area (Å²) in [7, 11) is -11.6. The number of hydrogen-bond acceptors (Lipinski definition) is 38. The molecule has 0 radical (unpaired) electrons. The largest absolute Gasteiger partial charge is 0.479 e. The zero-order chi connectivity index (χ0) is 68.5. The molecule has 0 aromatic heterocycles. The second-order valence-electron chi connectivity index (χ2n) is 22.0. The second kappa shape index (κ2) is 31.4. The van der Waals surface area contributed by atoms with Crippen LogP contribution in [0.4, 0.5) is 0 Å². The Bertz CT molecular complexity index is 2710. The third-order valence-corrected chi connectivity index (χ3v) is 16.5. The first kappa shape index (κ1) is 75.9. The summed E-state index contributed by atoms with van der Waals surface area (Å²) in [5.41, 5.74) is 0. The normalized spacial score (nSPS) is 46.4. The molecule has 46 heteroatoms. The van der Waals surface area contributed by atoms with Crippen LogP contribution in [0.15, 0.2) is 0 Å². The second-order valence-corrected chi connectivity index (χ2v) is 24.1. The van der Waals surface area contributed by atoms with E-state index in [0.717, 1.165) is 13.8 Å². The van der Waals surface area contributed by atoms with Gasteiger partial charge in [-0.1, -0.05) is 0 Å². The summed E-state index contributed by atoms with van der Waals surface area (Å²) in [6, 6.07) is -4.26. The van der Waals surface area contributed by atoms with Crippen molar-refractivity contribution in [2.75, 3.05) is 33.0 Å². The van der Waals surface area contributed by atoms with Crippen LogP contribution in [-0.2, 0) is 110 Å². The zero-order valence-corrected chi connectivity index (χ0v) is 49.5. The molecule has 2 amide bonds. The van der Waals surface area contributed by atoms with Gasteiger partial charge in [0.2, 0.25) is 11.8 Å². The lowest BCUT2D eigenvalue weighted by atomic mass is 9.93. The average Bonchev–Trinajstić information content (AvgIpc) is 0.779. The van der Waals surface area contributed by atoms with Crippen LogP contribution in [0.2, 0.25) is 0 Å². The highest BCUT2D eigenvalue weighted by Crippen LogP contribution is 2.39. The monoisotopic (exact) mass is 1390 g/mol. The number of carbonyl (C=O) groups excluding carboxylic acids is 2. The van der Waals surface area contributed by atoms with E-state index in [4.69, 9.17) is 65.8 Å². The molecule has 0 aromatic carbocycles. The van der Waals surface area contributed by atoms with Crippen molar-refractivity contribution in [2.24, 2.45) is 0 Å². The minimum absolute atomic E-state index is 0.374. The molecule has 7 aliphatic rings. The van der Waals surface area contributed by atoms with Crippen molar-refractivity contribution in [1.82, 2.24) is 10.6 Å². The number of ether oxygens (including phenoxy) is 13. The van der Waals surface area contributed by atoms with Crippen molar-refractivity contribution in [2.45, 2.75) is 229 Å². The van der Waals surface area contributed by atoms with Crippen LogP contribution in [0.1, 0.15) is 20.8 Å². The van der Waals surface area contributed by atoms with Gasteiger partial charge in [0.1, 0.15) is 152 Å². The molecular formula is C46H74N2O42S2. The van der Waals surface area contributed by atoms with Crippen molar-refractivity contribution in [3.05, 3.63) is 0 Å². The van der Waals surface area contributed by atoms with Crippen LogP contribution < -0.4 is 10.6 Å². The minimum atomic E-state index is -5.94. The van der Waals surface area contributed by atoms with E-state index in [1.165, 1.54) is 6.92 Å². The van der Waals surface area contributed by atoms with Gasteiger partial charge in [0.15, 0.2) is 49.9 Å². The van der Waals surface area contributed by atoms with Crippen LogP contribution in [0.5, 0.6) is 0 Å². The highest BCUT2D eigenvalue weighted by Gasteiger charge is 2.61. The smallest absolute Gasteiger partial charge is 0.397 e. The summed E-state index contributed by atoms with van der Waals surface area (Å²) in [5, 5.41) is 189. The lowest BCUT2D eigenvalue weighted by Crippen LogP contribution is -2.71. The van der Waals surface area contributed by atoms with Gasteiger partial charge in [-0.3, -0.25) is 18.7 Å². The Morgan fingerprint density at radius 3 is 1.25 bits per heavy atom. The molecule has 7 saturated heterocycles. The maximum Gasteiger partial charge on any atom is 0.397 e. The first-order valence-electron chi connectivity index (χ1n) is 27.7. The fourth-order valence-electron chi connectivity index (χ4n) is 11.0. The molecule has 0 aromatic rings. The molecule has 0 bridgehead atoms. The number of hydrogen-bond donors (Lipinski definition) is 21. The van der Waals surface area contributed by atoms with E-state index in [1.54, 1.807) is 0 Å². The molecular weight excluding hydrogens is 1320 g/mol. The molecule has 0 spiro atoms. The predicted molar refractivity (Wildman–Crippen MR) is 274 cm³/mol. The van der Waals surface area contributed by atoms with Gasteiger partial charge in [-0.15, -0.1) is 0 Å². The van der Waals surface area contributed by atoms with E-state index in [0.29, 0.717) is 0 Å². The molecule has 44 nitrogen and oxygen atoms in total. The molecule has 7 heterocycles. The van der Waals surface area contributed by atoms with Gasteiger partial charge in [0.25, 0.3) is 0 Å². The summed E-state index contributed by atoms with van der Waals surface area (Å²) in [4.78, 5) is 51.1. The van der Waals surface area contributed by atoms with Gasteiger partial charge in [-0.2, -0.15) is 16.8 Å². The van der Waals surface area contributed by atoms with E-state index in [-0.39, 0.29) is 6.61 Å². The first-order chi connectivity index (χ1) is 42.9. The summed E-state index contributed by atoms with van der Waals surface area (Å²) in [5.74, 6) is -6.43. The van der Waals surface area contributed by atoms with E-state index in [1.807, 2.05) is 0 Å². The average molecular weight is 1390 g/mol. The van der Waals surface area contributed by atoms with E-state index < -0.39 is 280 Å². The Kier molecular flexibility index (Phi) is 25.9. The number of carbonyl (C=O) groups is 4. The summed E-state index contributed by atoms with van der Waals surface area (Å²) < 4.78 is 150. The molecule has 92 heavy (non-hydrogen) atoms. The fraction of sp³-hybridized carbons (Fsp3) is 0.913. The van der Waals surface area contributed by atoms with Gasteiger partial charge >= 0.3 is 32.7 Å². The molecule has 7 rings (SSSR count). The third kappa shape index (κ3) is 17.4. The highest BCUT2D eigenvalue weighted by atomic mass is 32.3. The van der Waals surface area contributed by atoms with Crippen molar-refractivity contribution >= 4 is 44.6 Å². The van der Waals surface area contributed by atoms with Gasteiger partial charge in [-0.05, 0) is 6.92 Å². The van der Waals surface area contributed by atoms with Gasteiger partial charge in [0.05, 0.1) is 39.1 Å². The minimum Gasteiger partial charge on any atom is -0.479 e. The van der Waals surface area contributed by atoms with Crippen LogP contribution in [0.3, 0.4) is 0 Å². The summed E-state index contributed by atoms with van der Waals surface area (Å²) >= 11 is 0. The van der Waals surface area contributed by atoms with E-state index in [2.05, 4.69) is 14.8 Å². The Hall–Kier alpha value is -3.50. The maximum atomic E-state index is 13.1. The Morgan fingerprint density at radius 1 is 0.424 bits per heavy atom. The van der Waals surface area contributed by atoms with E-state index in [9.17, 15) is 132 Å². The number of carboxylic acids is 2. The molecule has 0 aliphatic carbocycles. The molecule has 532 valence electrons. The lowest BCUT2D eigenvalue weighted by molar-refractivity contribution is -0.389. The van der Waals surface area contributed by atoms with Crippen LogP contribution >= 0.6 is 0 Å². The van der Waals surface area contributed by atoms with Crippen LogP contribution in [-0.4, -0.2) is 378 Å². The van der Waals surface area contributed by atoms with Crippen molar-refractivity contribution in [1.29, 1.82) is 0 Å². The van der Waals surface area contributed by atoms with Crippen molar-refractivity contribution < 1.29 is 202 Å². The highest BCUT2D eigenvalue weighted by molar-refractivity contribution is 7.81. The number of amides is 2. The maximum absolute atomic E-state index is 13.1. The first-order valence-corrected chi connectivity index (χ1v) is 30.4. The predicted octanol–water partition coefficient (Wildman–Crippen LogP) is -14.4. The third-order valence-electron chi connectivity index (χ3n) is 15.6. The fourth-order valence-corrected chi connectivity index (χ4v) is 11.8. The lowest BCUT2D eigenvalue weighted by Gasteiger charge is -2.50. The summed E-state index contributed by atoms with van der Waals surface area (Å²) in [6.45, 7) is -2.19. The standard InChI is InChI=1S/C46H74N2O42S2/c1-9-19(54)21(56)15(7-76-9)81-45-29(64)33(22(57)13(5-50)79-45)85-46-30(65)34(23(58)14(6-51)80-46)84-44-28(63)26(61)36(38(89-44)40(68)69)87-42-18(48-11(3)53)32(31(90-92(73,74)75)16(82-42)8-77-91(70,71)72)83-43-27(62)25(60)35(37(88-43)39(66)67)86-41-17(47-10(2)52)24(59)20(55)12(4-49)78-41/h9,12-38,41-46,49-51,54-65H,4-8H2,1-3H3,(H,47,52)(H,48,53)(H,66,67)(H,68,69)(H,70,71,72)(H,73,74,75)/t9-,12+,13+,14+,15+,16+,17+,18+,19-,20-,21-,22-,23-,24+,25-,26+,27-,28+,29+,30+,31-,32+,33-,34-,35+,36-,37-,38-,41-,42-,43+,44+,45-,46-/m0/s1.